The van der Waals surface area contributed by atoms with Crippen molar-refractivity contribution >= 4 is 23.0 Å². The van der Waals surface area contributed by atoms with Crippen molar-refractivity contribution in [2.45, 2.75) is 13.0 Å². The van der Waals surface area contributed by atoms with Crippen molar-refractivity contribution in [2.75, 3.05) is 7.05 Å². The van der Waals surface area contributed by atoms with Gasteiger partial charge < -0.3 is 4.90 Å². The lowest BCUT2D eigenvalue weighted by molar-refractivity contribution is -0.129. The molecule has 154 valence electrons. The van der Waals surface area contributed by atoms with Crippen molar-refractivity contribution in [3.63, 3.8) is 0 Å². The average Bonchev–Trinajstić information content (AvgIpc) is 3.53. The third-order valence-electron chi connectivity index (χ3n) is 4.87. The van der Waals surface area contributed by atoms with Crippen LogP contribution < -0.4 is 0 Å². The van der Waals surface area contributed by atoms with E-state index in [4.69, 9.17) is 5.10 Å². The number of amides is 1. The minimum Gasteiger partial charge on any atom is -0.341 e. The summed E-state index contributed by atoms with van der Waals surface area (Å²) < 4.78 is 3.43. The second-order valence-electron chi connectivity index (χ2n) is 7.08. The van der Waals surface area contributed by atoms with Gasteiger partial charge in [-0.3, -0.25) is 4.79 Å². The number of hydrogen-bond donors (Lipinski definition) is 0. The van der Waals surface area contributed by atoms with Gasteiger partial charge in [-0.1, -0.05) is 24.3 Å². The maximum Gasteiger partial charge on any atom is 0.252 e. The van der Waals surface area contributed by atoms with E-state index >= 15 is 0 Å². The van der Waals surface area contributed by atoms with Crippen LogP contribution >= 0.6 is 11.3 Å². The zero-order valence-corrected chi connectivity index (χ0v) is 17.6. The highest BCUT2D eigenvalue weighted by molar-refractivity contribution is 7.13. The number of para-hydroxylation sites is 1. The first-order valence-electron chi connectivity index (χ1n) is 9.75. The number of nitrogens with zero attached hydrogens (tertiary/aromatic N) is 7. The average molecular weight is 430 g/mol. The number of carbonyl (C=O) groups excluding carboxylic acids is 1. The Morgan fingerprint density at radius 1 is 1.10 bits per heavy atom. The van der Waals surface area contributed by atoms with Crippen LogP contribution in [0.15, 0.2) is 72.5 Å². The number of aromatic nitrogens is 6. The van der Waals surface area contributed by atoms with E-state index in [1.54, 1.807) is 46.3 Å². The smallest absolute Gasteiger partial charge is 0.252 e. The van der Waals surface area contributed by atoms with Crippen LogP contribution in [0, 0.1) is 0 Å². The second kappa shape index (κ2) is 8.11. The lowest BCUT2D eigenvalue weighted by Gasteiger charge is -2.16. The predicted molar refractivity (Wildman–Crippen MR) is 118 cm³/mol. The summed E-state index contributed by atoms with van der Waals surface area (Å²) >= 11 is 1.63. The first-order valence-corrected chi connectivity index (χ1v) is 10.6. The highest BCUT2D eigenvalue weighted by atomic mass is 32.1. The Morgan fingerprint density at radius 3 is 2.74 bits per heavy atom. The molecule has 0 bridgehead atoms. The minimum absolute atomic E-state index is 0.0690. The molecule has 0 atom stereocenters. The molecular formula is C22H19N7OS. The number of rotatable bonds is 6. The highest BCUT2D eigenvalue weighted by Crippen LogP contribution is 2.28. The molecule has 0 aliphatic rings. The van der Waals surface area contributed by atoms with E-state index in [-0.39, 0.29) is 12.3 Å². The van der Waals surface area contributed by atoms with Crippen molar-refractivity contribution in [3.05, 3.63) is 83.9 Å². The van der Waals surface area contributed by atoms with Gasteiger partial charge in [-0.15, -0.1) is 16.4 Å². The van der Waals surface area contributed by atoms with Gasteiger partial charge in [0.25, 0.3) is 5.78 Å². The molecular weight excluding hydrogens is 410 g/mol. The van der Waals surface area contributed by atoms with Crippen LogP contribution in [0.2, 0.25) is 0 Å². The molecule has 5 rings (SSSR count). The molecule has 5 aromatic rings. The Labute approximate surface area is 182 Å². The number of thiophene rings is 1. The van der Waals surface area contributed by atoms with Gasteiger partial charge in [0.05, 0.1) is 17.0 Å². The number of benzene rings is 1. The topological polar surface area (TPSA) is 81.2 Å². The van der Waals surface area contributed by atoms with E-state index in [0.29, 0.717) is 18.1 Å². The van der Waals surface area contributed by atoms with Crippen LogP contribution in [0.5, 0.6) is 0 Å². The zero-order chi connectivity index (χ0) is 21.2. The summed E-state index contributed by atoms with van der Waals surface area (Å²) in [5.41, 5.74) is 2.84. The van der Waals surface area contributed by atoms with Gasteiger partial charge in [0, 0.05) is 37.7 Å². The highest BCUT2D eigenvalue weighted by Gasteiger charge is 2.19. The lowest BCUT2D eigenvalue weighted by atomic mass is 10.2. The van der Waals surface area contributed by atoms with Crippen molar-refractivity contribution in [2.24, 2.45) is 0 Å². The second-order valence-corrected chi connectivity index (χ2v) is 8.03. The predicted octanol–water partition coefficient (Wildman–Crippen LogP) is 3.24. The molecule has 0 radical (unpaired) electrons. The Bertz CT molecular complexity index is 1290. The first kappa shape index (κ1) is 19.1. The summed E-state index contributed by atoms with van der Waals surface area (Å²) in [4.78, 5) is 24.1. The number of fused-ring (bicyclic) bond motifs is 1. The molecule has 0 N–H and O–H groups in total. The molecule has 0 saturated heterocycles. The van der Waals surface area contributed by atoms with E-state index < -0.39 is 0 Å². The minimum atomic E-state index is -0.0690. The van der Waals surface area contributed by atoms with Crippen molar-refractivity contribution < 1.29 is 4.79 Å². The molecule has 4 heterocycles. The standard InChI is InChI=1S/C22H19N7OS/c1-27(20(30)13-19-24-22-23-10-6-11-28(22)25-19)14-16-15-29(17-7-3-2-4-8-17)26-21(16)18-9-5-12-31-18/h2-12,15H,13-14H2,1H3. The summed E-state index contributed by atoms with van der Waals surface area (Å²) in [5.74, 6) is 0.867. The number of carbonyl (C=O) groups is 1. The van der Waals surface area contributed by atoms with Gasteiger partial charge in [-0.2, -0.15) is 10.1 Å². The van der Waals surface area contributed by atoms with Crippen molar-refractivity contribution in [1.82, 2.24) is 34.3 Å². The number of likely N-dealkylation sites (N-methyl/N-ethyl adjacent to an activating group) is 1. The number of hydrogen-bond acceptors (Lipinski definition) is 6. The van der Waals surface area contributed by atoms with Crippen LogP contribution in [0.3, 0.4) is 0 Å². The first-order chi connectivity index (χ1) is 15.2. The fourth-order valence-electron chi connectivity index (χ4n) is 3.32. The Hall–Kier alpha value is -3.85. The SMILES string of the molecule is CN(Cc1cn(-c2ccccc2)nc1-c1cccs1)C(=O)Cc1nc2ncccn2n1. The van der Waals surface area contributed by atoms with Crippen LogP contribution in [-0.2, 0) is 17.8 Å². The summed E-state index contributed by atoms with van der Waals surface area (Å²) in [6.45, 7) is 0.435. The van der Waals surface area contributed by atoms with Crippen LogP contribution in [0.25, 0.3) is 22.0 Å². The maximum absolute atomic E-state index is 12.9. The molecule has 1 amide bonds. The summed E-state index contributed by atoms with van der Waals surface area (Å²) in [6, 6.07) is 15.8. The fourth-order valence-corrected chi connectivity index (χ4v) is 4.07. The van der Waals surface area contributed by atoms with Gasteiger partial charge >= 0.3 is 0 Å². The van der Waals surface area contributed by atoms with Crippen LogP contribution in [0.4, 0.5) is 0 Å². The van der Waals surface area contributed by atoms with Gasteiger partial charge in [0.1, 0.15) is 5.69 Å². The normalized spacial score (nSPS) is 11.1. The molecule has 0 fully saturated rings. The van der Waals surface area contributed by atoms with E-state index in [1.807, 2.05) is 58.7 Å². The quantitative estimate of drug-likeness (QED) is 0.414. The molecule has 31 heavy (non-hydrogen) atoms. The molecule has 0 aliphatic carbocycles. The molecule has 9 heteroatoms. The van der Waals surface area contributed by atoms with Crippen molar-refractivity contribution in [1.29, 1.82) is 0 Å². The molecule has 8 nitrogen and oxygen atoms in total. The van der Waals surface area contributed by atoms with E-state index in [0.717, 1.165) is 21.8 Å². The van der Waals surface area contributed by atoms with Gasteiger partial charge in [0.15, 0.2) is 5.82 Å². The van der Waals surface area contributed by atoms with Gasteiger partial charge in [0.2, 0.25) is 5.91 Å². The van der Waals surface area contributed by atoms with E-state index in [1.165, 1.54) is 0 Å². The molecule has 0 saturated carbocycles. The van der Waals surface area contributed by atoms with E-state index in [2.05, 4.69) is 15.1 Å². The largest absolute Gasteiger partial charge is 0.341 e. The van der Waals surface area contributed by atoms with Crippen molar-refractivity contribution in [3.8, 4) is 16.3 Å². The summed E-state index contributed by atoms with van der Waals surface area (Å²) in [5, 5.41) is 11.2. The molecule has 1 aromatic carbocycles. The Morgan fingerprint density at radius 2 is 1.97 bits per heavy atom. The zero-order valence-electron chi connectivity index (χ0n) is 16.8. The molecule has 4 aromatic heterocycles. The van der Waals surface area contributed by atoms with Crippen LogP contribution in [-0.4, -0.2) is 47.2 Å². The molecule has 0 unspecified atom stereocenters. The Balaban J connectivity index is 1.39. The van der Waals surface area contributed by atoms with E-state index in [9.17, 15) is 4.79 Å². The lowest BCUT2D eigenvalue weighted by Crippen LogP contribution is -2.28. The summed E-state index contributed by atoms with van der Waals surface area (Å²) in [6.07, 6.45) is 5.51. The van der Waals surface area contributed by atoms with Gasteiger partial charge in [-0.25, -0.2) is 14.2 Å². The monoisotopic (exact) mass is 429 g/mol. The van der Waals surface area contributed by atoms with Gasteiger partial charge in [-0.05, 0) is 29.6 Å². The Kier molecular flexibility index (Phi) is 5.01. The summed E-state index contributed by atoms with van der Waals surface area (Å²) in [7, 11) is 1.79. The molecule has 0 aliphatic heterocycles. The van der Waals surface area contributed by atoms with Crippen LogP contribution in [0.1, 0.15) is 11.4 Å². The molecule has 0 spiro atoms. The fraction of sp³-hybridized carbons (Fsp3) is 0.136. The maximum atomic E-state index is 12.9. The third kappa shape index (κ3) is 3.95. The third-order valence-corrected chi connectivity index (χ3v) is 5.74.